The summed E-state index contributed by atoms with van der Waals surface area (Å²) in [5.74, 6) is 2.07. The van der Waals surface area contributed by atoms with E-state index in [0.29, 0.717) is 17.5 Å². The molecule has 0 saturated carbocycles. The summed E-state index contributed by atoms with van der Waals surface area (Å²) in [5.41, 5.74) is 8.91. The fourth-order valence-electron chi connectivity index (χ4n) is 7.47. The first-order valence-electron chi connectivity index (χ1n) is 17.7. The predicted octanol–water partition coefficient (Wildman–Crippen LogP) is 13.4. The molecule has 0 bridgehead atoms. The van der Waals surface area contributed by atoms with Crippen molar-refractivity contribution in [1.29, 1.82) is 0 Å². The number of rotatable bonds is 5. The van der Waals surface area contributed by atoms with Gasteiger partial charge in [0, 0.05) is 57.4 Å². The molecule has 53 heavy (non-hydrogen) atoms. The Bertz CT molecular complexity index is 3030. The molecule has 1 aliphatic carbocycles. The second-order valence-corrected chi connectivity index (χ2v) is 16.5. The molecule has 0 fully saturated rings. The number of hydrogen-bond donors (Lipinski definition) is 0. The fraction of sp³-hybridized carbons (Fsp3) is 0.0435. The first kappa shape index (κ1) is 30.7. The molecule has 4 heterocycles. The first-order valence-corrected chi connectivity index (χ1v) is 20.1. The average Bonchev–Trinajstić information content (AvgIpc) is 3.94. The maximum Gasteiger partial charge on any atom is 0.165 e. The normalized spacial score (nSPS) is 12.7. The van der Waals surface area contributed by atoms with Crippen LogP contribution < -0.4 is 0 Å². The van der Waals surface area contributed by atoms with Crippen LogP contribution in [-0.4, -0.2) is 19.9 Å². The van der Waals surface area contributed by atoms with Gasteiger partial charge in [-0.1, -0.05) is 109 Å². The van der Waals surface area contributed by atoms with Gasteiger partial charge in [0.05, 0.1) is 10.2 Å². The quantitative estimate of drug-likeness (QED) is 0.177. The molecule has 4 aromatic heterocycles. The van der Waals surface area contributed by atoms with Gasteiger partial charge in [-0.3, -0.25) is 0 Å². The summed E-state index contributed by atoms with van der Waals surface area (Å²) in [4.78, 5) is 21.9. The van der Waals surface area contributed by atoms with E-state index in [4.69, 9.17) is 19.9 Å². The number of nitrogens with zero attached hydrogens (tertiary/aromatic N) is 4. The molecular weight excluding hydrogens is 705 g/mol. The van der Waals surface area contributed by atoms with Crippen LogP contribution >= 0.6 is 34.0 Å². The highest BCUT2D eigenvalue weighted by atomic mass is 32.1. The minimum Gasteiger partial charge on any atom is -0.236 e. The zero-order valence-electron chi connectivity index (χ0n) is 28.3. The number of benzene rings is 6. The molecule has 0 unspecified atom stereocenters. The number of fused-ring (bicyclic) bond motifs is 7. The number of allylic oxidation sites excluding steroid dienone is 1. The van der Waals surface area contributed by atoms with Crippen LogP contribution in [0.1, 0.15) is 16.9 Å². The van der Waals surface area contributed by atoms with Crippen LogP contribution in [-0.2, 0) is 6.42 Å². The molecule has 1 aliphatic rings. The molecule has 11 rings (SSSR count). The monoisotopic (exact) mass is 732 g/mol. The Balaban J connectivity index is 1.03. The summed E-state index contributed by atoms with van der Waals surface area (Å²) >= 11 is 5.43. The second kappa shape index (κ2) is 12.4. The van der Waals surface area contributed by atoms with Crippen molar-refractivity contribution in [3.63, 3.8) is 0 Å². The van der Waals surface area contributed by atoms with E-state index in [0.717, 1.165) is 45.6 Å². The minimum atomic E-state index is 0.678. The molecule has 6 aromatic carbocycles. The average molecular weight is 733 g/mol. The molecular formula is C46H28N4S3. The largest absolute Gasteiger partial charge is 0.236 e. The lowest BCUT2D eigenvalue weighted by atomic mass is 9.99. The van der Waals surface area contributed by atoms with Crippen molar-refractivity contribution < 1.29 is 0 Å². The summed E-state index contributed by atoms with van der Waals surface area (Å²) in [6.07, 6.45) is 6.73. The molecule has 250 valence electrons. The standard InChI is InChI=1S/C46H28N4S3/c1-2-10-28(11-3-1)43-48-44(33-14-9-19-40-41(33)32-12-4-6-17-37(32)51-40)50-45(49-43)34-15-8-13-31-35-26-30(24-25-38(35)52-42(31)34)27-20-22-29(23-21-27)46-47-36-16-5-7-18-39(36)53-46/h1-5,7-16,18-26H,6,17H2. The summed E-state index contributed by atoms with van der Waals surface area (Å²) in [5, 5.41) is 4.72. The van der Waals surface area contributed by atoms with Crippen LogP contribution in [0, 0.1) is 0 Å². The molecule has 4 nitrogen and oxygen atoms in total. The van der Waals surface area contributed by atoms with E-state index in [-0.39, 0.29) is 0 Å². The van der Waals surface area contributed by atoms with Crippen LogP contribution in [0.5, 0.6) is 0 Å². The van der Waals surface area contributed by atoms with Crippen LogP contribution in [0.25, 0.3) is 102 Å². The Morgan fingerprint density at radius 3 is 2.09 bits per heavy atom. The third-order valence-corrected chi connectivity index (χ3v) is 13.6. The van der Waals surface area contributed by atoms with E-state index < -0.39 is 0 Å². The van der Waals surface area contributed by atoms with E-state index >= 15 is 0 Å². The second-order valence-electron chi connectivity index (χ2n) is 13.3. The van der Waals surface area contributed by atoms with E-state index in [9.17, 15) is 0 Å². The van der Waals surface area contributed by atoms with E-state index in [2.05, 4.69) is 121 Å². The third-order valence-electron chi connectivity index (χ3n) is 10.1. The van der Waals surface area contributed by atoms with Crippen LogP contribution in [0.2, 0.25) is 0 Å². The molecule has 7 heteroatoms. The van der Waals surface area contributed by atoms with Gasteiger partial charge in [0.1, 0.15) is 5.01 Å². The zero-order valence-corrected chi connectivity index (χ0v) is 30.7. The van der Waals surface area contributed by atoms with Gasteiger partial charge in [0.25, 0.3) is 0 Å². The number of thiophene rings is 2. The van der Waals surface area contributed by atoms with Gasteiger partial charge in [0.2, 0.25) is 0 Å². The summed E-state index contributed by atoms with van der Waals surface area (Å²) in [6.45, 7) is 0. The molecule has 0 aliphatic heterocycles. The Morgan fingerprint density at radius 2 is 1.21 bits per heavy atom. The SMILES string of the molecule is C1=Cc2c(sc3cccc(-c4nc(-c5ccccc5)nc(-c5cccc6c5sc5ccc(-c7ccc(-c8nc9ccccc9s8)cc7)cc56)n4)c23)CC1. The topological polar surface area (TPSA) is 51.6 Å². The van der Waals surface area contributed by atoms with Gasteiger partial charge in [-0.25, -0.2) is 19.9 Å². The van der Waals surface area contributed by atoms with Crippen LogP contribution in [0.15, 0.2) is 140 Å². The van der Waals surface area contributed by atoms with Gasteiger partial charge < -0.3 is 0 Å². The van der Waals surface area contributed by atoms with Crippen molar-refractivity contribution in [3.05, 3.63) is 150 Å². The van der Waals surface area contributed by atoms with E-state index in [1.165, 1.54) is 56.5 Å². The Labute approximate surface area is 317 Å². The van der Waals surface area contributed by atoms with Crippen molar-refractivity contribution in [3.8, 4) is 55.9 Å². The predicted molar refractivity (Wildman–Crippen MR) is 226 cm³/mol. The van der Waals surface area contributed by atoms with Crippen molar-refractivity contribution in [2.24, 2.45) is 0 Å². The first-order chi connectivity index (χ1) is 26.2. The molecule has 0 N–H and O–H groups in total. The Morgan fingerprint density at radius 1 is 0.472 bits per heavy atom. The molecule has 0 spiro atoms. The van der Waals surface area contributed by atoms with Crippen molar-refractivity contribution >= 4 is 80.6 Å². The maximum atomic E-state index is 5.27. The summed E-state index contributed by atoms with van der Waals surface area (Å²) in [6, 6.07) is 47.2. The number of para-hydroxylation sites is 1. The Kier molecular flexibility index (Phi) is 7.18. The van der Waals surface area contributed by atoms with Gasteiger partial charge in [-0.2, -0.15) is 0 Å². The lowest BCUT2D eigenvalue weighted by molar-refractivity contribution is 1.02. The van der Waals surface area contributed by atoms with E-state index in [1.807, 2.05) is 35.6 Å². The third kappa shape index (κ3) is 5.23. The maximum absolute atomic E-state index is 5.27. The van der Waals surface area contributed by atoms with Crippen LogP contribution in [0.3, 0.4) is 0 Å². The van der Waals surface area contributed by atoms with Crippen molar-refractivity contribution in [2.75, 3.05) is 0 Å². The number of thiazole rings is 1. The van der Waals surface area contributed by atoms with Gasteiger partial charge in [-0.15, -0.1) is 34.0 Å². The zero-order chi connectivity index (χ0) is 34.9. The van der Waals surface area contributed by atoms with Gasteiger partial charge >= 0.3 is 0 Å². The van der Waals surface area contributed by atoms with E-state index in [1.54, 1.807) is 22.7 Å². The van der Waals surface area contributed by atoms with Crippen LogP contribution in [0.4, 0.5) is 0 Å². The molecule has 0 amide bonds. The van der Waals surface area contributed by atoms with Crippen molar-refractivity contribution in [2.45, 2.75) is 12.8 Å². The summed E-state index contributed by atoms with van der Waals surface area (Å²) < 4.78 is 4.90. The Hall–Kier alpha value is -5.86. The number of hydrogen-bond acceptors (Lipinski definition) is 7. The fourth-order valence-corrected chi connectivity index (χ4v) is 10.9. The lowest BCUT2D eigenvalue weighted by Gasteiger charge is -2.11. The van der Waals surface area contributed by atoms with Crippen molar-refractivity contribution in [1.82, 2.24) is 19.9 Å². The highest BCUT2D eigenvalue weighted by Crippen LogP contribution is 2.43. The molecule has 0 atom stereocenters. The molecule has 0 saturated heterocycles. The number of aryl methyl sites for hydroxylation is 1. The van der Waals surface area contributed by atoms with Gasteiger partial charge in [-0.05, 0) is 65.9 Å². The van der Waals surface area contributed by atoms with Gasteiger partial charge in [0.15, 0.2) is 17.5 Å². The smallest absolute Gasteiger partial charge is 0.165 e. The molecule has 0 radical (unpaired) electrons. The highest BCUT2D eigenvalue weighted by Gasteiger charge is 2.21. The molecule has 10 aromatic rings. The number of aromatic nitrogens is 4. The highest BCUT2D eigenvalue weighted by molar-refractivity contribution is 7.26. The lowest BCUT2D eigenvalue weighted by Crippen LogP contribution is -2.00. The summed E-state index contributed by atoms with van der Waals surface area (Å²) in [7, 11) is 0. The minimum absolute atomic E-state index is 0.678.